The van der Waals surface area contributed by atoms with Gasteiger partial charge in [-0.15, -0.1) is 0 Å². The average molecular weight is 268 g/mol. The van der Waals surface area contributed by atoms with E-state index in [1.165, 1.54) is 0 Å². The van der Waals surface area contributed by atoms with Crippen LogP contribution in [0.5, 0.6) is 5.75 Å². The molecule has 4 heteroatoms. The van der Waals surface area contributed by atoms with Gasteiger partial charge in [-0.05, 0) is 44.0 Å². The van der Waals surface area contributed by atoms with E-state index in [4.69, 9.17) is 16.3 Å². The molecule has 1 aromatic carbocycles. The topological polar surface area (TPSA) is 38.3 Å². The molecule has 1 heterocycles. The SMILES string of the molecule is COc1c(C)cc(Cl)cc1C(=O)C1CCCNC1. The second-order valence-electron chi connectivity index (χ2n) is 4.71. The number of methoxy groups -OCH3 is 1. The summed E-state index contributed by atoms with van der Waals surface area (Å²) in [5.74, 6) is 0.810. The summed E-state index contributed by atoms with van der Waals surface area (Å²) in [6, 6.07) is 3.53. The molecule has 1 fully saturated rings. The van der Waals surface area contributed by atoms with Gasteiger partial charge in [-0.3, -0.25) is 4.79 Å². The van der Waals surface area contributed by atoms with Gasteiger partial charge >= 0.3 is 0 Å². The third kappa shape index (κ3) is 2.68. The normalized spacial score (nSPS) is 19.6. The van der Waals surface area contributed by atoms with Crippen LogP contribution in [0, 0.1) is 12.8 Å². The van der Waals surface area contributed by atoms with Gasteiger partial charge < -0.3 is 10.1 Å². The Labute approximate surface area is 112 Å². The van der Waals surface area contributed by atoms with Gasteiger partial charge in [0.2, 0.25) is 0 Å². The number of carbonyl (C=O) groups is 1. The third-order valence-electron chi connectivity index (χ3n) is 3.38. The van der Waals surface area contributed by atoms with E-state index in [0.29, 0.717) is 16.3 Å². The van der Waals surface area contributed by atoms with Crippen LogP contribution in [0.3, 0.4) is 0 Å². The molecular weight excluding hydrogens is 250 g/mol. The smallest absolute Gasteiger partial charge is 0.170 e. The molecule has 1 aliphatic heterocycles. The van der Waals surface area contributed by atoms with E-state index in [2.05, 4.69) is 5.32 Å². The number of benzene rings is 1. The number of hydrogen-bond donors (Lipinski definition) is 1. The predicted octanol–water partition coefficient (Wildman–Crippen LogP) is 2.84. The first kappa shape index (κ1) is 13.4. The maximum absolute atomic E-state index is 12.5. The van der Waals surface area contributed by atoms with Gasteiger partial charge in [0.05, 0.1) is 12.7 Å². The van der Waals surface area contributed by atoms with Crippen molar-refractivity contribution in [1.29, 1.82) is 0 Å². The van der Waals surface area contributed by atoms with Crippen LogP contribution in [0.4, 0.5) is 0 Å². The fourth-order valence-electron chi connectivity index (χ4n) is 2.48. The Morgan fingerprint density at radius 3 is 2.89 bits per heavy atom. The molecule has 0 spiro atoms. The van der Waals surface area contributed by atoms with E-state index in [1.807, 2.05) is 13.0 Å². The molecule has 0 saturated carbocycles. The van der Waals surface area contributed by atoms with E-state index in [-0.39, 0.29) is 11.7 Å². The monoisotopic (exact) mass is 267 g/mol. The summed E-state index contributed by atoms with van der Waals surface area (Å²) in [6.07, 6.45) is 1.97. The van der Waals surface area contributed by atoms with Gasteiger partial charge in [0.25, 0.3) is 0 Å². The van der Waals surface area contributed by atoms with Crippen LogP contribution in [-0.4, -0.2) is 26.0 Å². The number of Topliss-reactive ketones (excluding diaryl/α,β-unsaturated/α-hetero) is 1. The lowest BCUT2D eigenvalue weighted by Crippen LogP contribution is -2.34. The van der Waals surface area contributed by atoms with Gasteiger partial charge in [0.1, 0.15) is 5.75 Å². The van der Waals surface area contributed by atoms with Crippen LogP contribution in [0.15, 0.2) is 12.1 Å². The van der Waals surface area contributed by atoms with Gasteiger partial charge in [-0.2, -0.15) is 0 Å². The second-order valence-corrected chi connectivity index (χ2v) is 5.15. The van der Waals surface area contributed by atoms with Crippen molar-refractivity contribution in [2.45, 2.75) is 19.8 Å². The number of ketones is 1. The first-order chi connectivity index (χ1) is 8.63. The van der Waals surface area contributed by atoms with Crippen molar-refractivity contribution in [2.24, 2.45) is 5.92 Å². The molecule has 2 rings (SSSR count). The van der Waals surface area contributed by atoms with Gasteiger partial charge in [-0.1, -0.05) is 11.6 Å². The molecule has 1 aliphatic rings. The van der Waals surface area contributed by atoms with E-state index >= 15 is 0 Å². The Balaban J connectivity index is 2.33. The Bertz CT molecular complexity index is 453. The molecule has 1 saturated heterocycles. The van der Waals surface area contributed by atoms with Crippen LogP contribution in [0.2, 0.25) is 5.02 Å². The summed E-state index contributed by atoms with van der Waals surface area (Å²) < 4.78 is 5.34. The predicted molar refractivity (Wildman–Crippen MR) is 72.7 cm³/mol. The number of aryl methyl sites for hydroxylation is 1. The number of rotatable bonds is 3. The van der Waals surface area contributed by atoms with Crippen LogP contribution in [-0.2, 0) is 0 Å². The molecule has 1 N–H and O–H groups in total. The lowest BCUT2D eigenvalue weighted by Gasteiger charge is -2.22. The number of piperidine rings is 1. The van der Waals surface area contributed by atoms with Crippen molar-refractivity contribution in [2.75, 3.05) is 20.2 Å². The van der Waals surface area contributed by atoms with Gasteiger partial charge in [0.15, 0.2) is 5.78 Å². The first-order valence-electron chi connectivity index (χ1n) is 6.22. The average Bonchev–Trinajstić information content (AvgIpc) is 2.38. The summed E-state index contributed by atoms with van der Waals surface area (Å²) in [7, 11) is 1.59. The van der Waals surface area contributed by atoms with Crippen LogP contribution < -0.4 is 10.1 Å². The largest absolute Gasteiger partial charge is 0.496 e. The highest BCUT2D eigenvalue weighted by molar-refractivity contribution is 6.31. The Hall–Kier alpha value is -1.06. The van der Waals surface area contributed by atoms with E-state index in [1.54, 1.807) is 13.2 Å². The zero-order valence-electron chi connectivity index (χ0n) is 10.8. The van der Waals surface area contributed by atoms with E-state index in [0.717, 1.165) is 31.5 Å². The van der Waals surface area contributed by atoms with Crippen molar-refractivity contribution < 1.29 is 9.53 Å². The van der Waals surface area contributed by atoms with Crippen molar-refractivity contribution >= 4 is 17.4 Å². The minimum atomic E-state index is 0.0329. The lowest BCUT2D eigenvalue weighted by atomic mass is 9.90. The summed E-state index contributed by atoms with van der Waals surface area (Å²) >= 11 is 6.04. The maximum Gasteiger partial charge on any atom is 0.170 e. The number of ether oxygens (including phenoxy) is 1. The highest BCUT2D eigenvalue weighted by Gasteiger charge is 2.25. The summed E-state index contributed by atoms with van der Waals surface area (Å²) in [4.78, 5) is 12.5. The van der Waals surface area contributed by atoms with Crippen LogP contribution in [0.1, 0.15) is 28.8 Å². The van der Waals surface area contributed by atoms with Gasteiger partial charge in [-0.25, -0.2) is 0 Å². The Kier molecular flexibility index (Phi) is 4.25. The fourth-order valence-corrected chi connectivity index (χ4v) is 2.75. The standard InChI is InChI=1S/C14H18ClNO2/c1-9-6-11(15)7-12(14(9)18-2)13(17)10-4-3-5-16-8-10/h6-7,10,16H,3-5,8H2,1-2H3. The zero-order chi connectivity index (χ0) is 13.1. The molecule has 0 aromatic heterocycles. The number of carbonyl (C=O) groups excluding carboxylic acids is 1. The first-order valence-corrected chi connectivity index (χ1v) is 6.60. The molecule has 98 valence electrons. The quantitative estimate of drug-likeness (QED) is 0.856. The van der Waals surface area contributed by atoms with Crippen LogP contribution in [0.25, 0.3) is 0 Å². The van der Waals surface area contributed by atoms with Crippen molar-refractivity contribution in [1.82, 2.24) is 5.32 Å². The summed E-state index contributed by atoms with van der Waals surface area (Å²) in [6.45, 7) is 3.64. The van der Waals surface area contributed by atoms with Crippen molar-refractivity contribution in [3.05, 3.63) is 28.3 Å². The van der Waals surface area contributed by atoms with Gasteiger partial charge in [0, 0.05) is 17.5 Å². The van der Waals surface area contributed by atoms with Crippen LogP contribution >= 0.6 is 11.6 Å². The number of nitrogens with one attached hydrogen (secondary N) is 1. The number of halogens is 1. The molecule has 1 atom stereocenters. The van der Waals surface area contributed by atoms with E-state index < -0.39 is 0 Å². The molecule has 3 nitrogen and oxygen atoms in total. The fraction of sp³-hybridized carbons (Fsp3) is 0.500. The molecular formula is C14H18ClNO2. The highest BCUT2D eigenvalue weighted by Crippen LogP contribution is 2.30. The summed E-state index contributed by atoms with van der Waals surface area (Å²) in [5.41, 5.74) is 1.51. The molecule has 1 aromatic rings. The van der Waals surface area contributed by atoms with E-state index in [9.17, 15) is 4.79 Å². The molecule has 18 heavy (non-hydrogen) atoms. The van der Waals surface area contributed by atoms with Crippen molar-refractivity contribution in [3.8, 4) is 5.75 Å². The minimum Gasteiger partial charge on any atom is -0.496 e. The third-order valence-corrected chi connectivity index (χ3v) is 3.59. The molecule has 1 unspecified atom stereocenters. The Morgan fingerprint density at radius 2 is 2.28 bits per heavy atom. The molecule has 0 amide bonds. The molecule has 0 bridgehead atoms. The van der Waals surface area contributed by atoms with Crippen molar-refractivity contribution in [3.63, 3.8) is 0 Å². The zero-order valence-corrected chi connectivity index (χ0v) is 11.5. The highest BCUT2D eigenvalue weighted by atomic mass is 35.5. The Morgan fingerprint density at radius 1 is 1.50 bits per heavy atom. The number of hydrogen-bond acceptors (Lipinski definition) is 3. The molecule has 0 radical (unpaired) electrons. The summed E-state index contributed by atoms with van der Waals surface area (Å²) in [5, 5.41) is 3.84. The minimum absolute atomic E-state index is 0.0329. The molecule has 0 aliphatic carbocycles. The lowest BCUT2D eigenvalue weighted by molar-refractivity contribution is 0.0896. The second kappa shape index (κ2) is 5.72. The maximum atomic E-state index is 12.5.